The van der Waals surface area contributed by atoms with Crippen molar-refractivity contribution in [3.8, 4) is 18.1 Å². The largest absolute Gasteiger partial charge is 0.492 e. The molecular formula is C14H16N2OS2. The maximum absolute atomic E-state index is 5.61. The zero-order chi connectivity index (χ0) is 13.7. The van der Waals surface area contributed by atoms with Gasteiger partial charge in [0.25, 0.3) is 0 Å². The molecule has 2 rings (SSSR count). The summed E-state index contributed by atoms with van der Waals surface area (Å²) in [6.07, 6.45) is 5.24. The molecule has 1 aromatic heterocycles. The van der Waals surface area contributed by atoms with Crippen molar-refractivity contribution in [3.63, 3.8) is 0 Å². The number of nitrogens with zero attached hydrogens (tertiary/aromatic N) is 1. The molecule has 0 saturated carbocycles. The van der Waals surface area contributed by atoms with Crippen LogP contribution in [0.25, 0.3) is 11.0 Å². The molecule has 1 aromatic carbocycles. The molecule has 0 aliphatic rings. The van der Waals surface area contributed by atoms with Gasteiger partial charge < -0.3 is 14.3 Å². The Hall–Kier alpha value is -1.38. The number of aryl methyl sites for hydroxylation is 1. The van der Waals surface area contributed by atoms with Crippen LogP contribution in [0, 0.1) is 17.1 Å². The quantitative estimate of drug-likeness (QED) is 0.502. The third-order valence-electron chi connectivity index (χ3n) is 2.72. The van der Waals surface area contributed by atoms with Crippen LogP contribution in [0.2, 0.25) is 0 Å². The van der Waals surface area contributed by atoms with Crippen molar-refractivity contribution in [2.24, 2.45) is 0 Å². The molecule has 0 bridgehead atoms. The molecule has 2 aromatic rings. The van der Waals surface area contributed by atoms with Gasteiger partial charge in [-0.05, 0) is 31.3 Å². The number of thioether (sulfide) groups is 1. The van der Waals surface area contributed by atoms with Gasteiger partial charge in [-0.2, -0.15) is 0 Å². The van der Waals surface area contributed by atoms with Crippen LogP contribution >= 0.6 is 24.0 Å². The summed E-state index contributed by atoms with van der Waals surface area (Å²) in [5.74, 6) is 5.16. The molecule has 0 aliphatic carbocycles. The predicted octanol–water partition coefficient (Wildman–Crippen LogP) is 3.46. The highest BCUT2D eigenvalue weighted by atomic mass is 32.2. The summed E-state index contributed by atoms with van der Waals surface area (Å²) in [7, 11) is 0. The number of rotatable bonds is 6. The number of fused-ring (bicyclic) bond motifs is 1. The van der Waals surface area contributed by atoms with Crippen molar-refractivity contribution in [3.05, 3.63) is 23.0 Å². The average Bonchev–Trinajstić information content (AvgIpc) is 2.73. The van der Waals surface area contributed by atoms with Crippen molar-refractivity contribution in [1.29, 1.82) is 0 Å². The number of terminal acetylenes is 1. The monoisotopic (exact) mass is 292 g/mol. The van der Waals surface area contributed by atoms with Crippen molar-refractivity contribution >= 4 is 35.0 Å². The van der Waals surface area contributed by atoms with Crippen LogP contribution in [-0.4, -0.2) is 27.7 Å². The molecule has 5 heteroatoms. The minimum absolute atomic E-state index is 0.642. The van der Waals surface area contributed by atoms with Gasteiger partial charge in [-0.25, -0.2) is 0 Å². The number of imidazole rings is 1. The summed E-state index contributed by atoms with van der Waals surface area (Å²) in [6.45, 7) is 3.46. The summed E-state index contributed by atoms with van der Waals surface area (Å²) in [5, 5.41) is 0. The van der Waals surface area contributed by atoms with Crippen LogP contribution in [0.1, 0.15) is 6.92 Å². The van der Waals surface area contributed by atoms with Gasteiger partial charge in [-0.1, -0.05) is 12.0 Å². The first-order valence-corrected chi connectivity index (χ1v) is 7.69. The van der Waals surface area contributed by atoms with Crippen molar-refractivity contribution < 1.29 is 4.74 Å². The lowest BCUT2D eigenvalue weighted by Gasteiger charge is -2.06. The number of hydrogen-bond donors (Lipinski definition) is 1. The van der Waals surface area contributed by atoms with Gasteiger partial charge in [0.1, 0.15) is 11.3 Å². The zero-order valence-electron chi connectivity index (χ0n) is 10.8. The molecule has 0 saturated heterocycles. The van der Waals surface area contributed by atoms with Crippen LogP contribution in [0.4, 0.5) is 0 Å². The van der Waals surface area contributed by atoms with E-state index in [0.29, 0.717) is 6.61 Å². The van der Waals surface area contributed by atoms with Gasteiger partial charge in [-0.15, -0.1) is 18.2 Å². The van der Waals surface area contributed by atoms with Gasteiger partial charge in [0.15, 0.2) is 4.77 Å². The number of aromatic amines is 1. The van der Waals surface area contributed by atoms with Crippen molar-refractivity contribution in [2.75, 3.05) is 18.1 Å². The Morgan fingerprint density at radius 2 is 2.37 bits per heavy atom. The highest BCUT2D eigenvalue weighted by Crippen LogP contribution is 2.25. The highest BCUT2D eigenvalue weighted by molar-refractivity contribution is 7.99. The number of para-hydroxylation sites is 1. The molecule has 100 valence electrons. The molecule has 19 heavy (non-hydrogen) atoms. The first kappa shape index (κ1) is 14.0. The molecule has 3 nitrogen and oxygen atoms in total. The predicted molar refractivity (Wildman–Crippen MR) is 84.4 cm³/mol. The Bertz CT molecular complexity index is 651. The van der Waals surface area contributed by atoms with Crippen LogP contribution in [0.3, 0.4) is 0 Å². The molecule has 1 N–H and O–H groups in total. The Morgan fingerprint density at radius 1 is 1.53 bits per heavy atom. The first-order chi connectivity index (χ1) is 9.27. The van der Waals surface area contributed by atoms with Crippen LogP contribution in [0.15, 0.2) is 18.2 Å². The summed E-state index contributed by atoms with van der Waals surface area (Å²) in [6, 6.07) is 5.99. The maximum atomic E-state index is 5.61. The van der Waals surface area contributed by atoms with Crippen LogP contribution in [0.5, 0.6) is 5.75 Å². The standard InChI is InChI=1S/C14H16N2OS2/c1-3-9-19-10-8-16-11-6-5-7-12(17-4-2)13(11)15-14(16)18/h1,5-7H,4,8-10H2,2H3,(H,15,18). The Kier molecular flexibility index (Phi) is 4.94. The van der Waals surface area contributed by atoms with Crippen LogP contribution < -0.4 is 4.74 Å². The number of aromatic nitrogens is 2. The lowest BCUT2D eigenvalue weighted by molar-refractivity contribution is 0.343. The minimum Gasteiger partial charge on any atom is -0.492 e. The van der Waals surface area contributed by atoms with E-state index in [0.717, 1.165) is 39.6 Å². The van der Waals surface area contributed by atoms with Crippen LogP contribution in [-0.2, 0) is 6.54 Å². The molecule has 0 unspecified atom stereocenters. The fourth-order valence-corrected chi connectivity index (χ4v) is 2.80. The van der Waals surface area contributed by atoms with Gasteiger partial charge in [0.2, 0.25) is 0 Å². The fraction of sp³-hybridized carbons (Fsp3) is 0.357. The second kappa shape index (κ2) is 6.69. The van der Waals surface area contributed by atoms with E-state index < -0.39 is 0 Å². The summed E-state index contributed by atoms with van der Waals surface area (Å²) >= 11 is 7.11. The average molecular weight is 292 g/mol. The Morgan fingerprint density at radius 3 is 3.11 bits per heavy atom. The third-order valence-corrected chi connectivity index (χ3v) is 3.88. The van der Waals surface area contributed by atoms with E-state index in [1.165, 1.54) is 0 Å². The van der Waals surface area contributed by atoms with E-state index in [9.17, 15) is 0 Å². The highest BCUT2D eigenvalue weighted by Gasteiger charge is 2.08. The first-order valence-electron chi connectivity index (χ1n) is 6.13. The van der Waals surface area contributed by atoms with Gasteiger partial charge >= 0.3 is 0 Å². The fourth-order valence-electron chi connectivity index (χ4n) is 1.94. The van der Waals surface area contributed by atoms with Gasteiger partial charge in [-0.3, -0.25) is 0 Å². The molecule has 0 atom stereocenters. The lowest BCUT2D eigenvalue weighted by Crippen LogP contribution is -2.00. The van der Waals surface area contributed by atoms with E-state index >= 15 is 0 Å². The van der Waals surface area contributed by atoms with Crippen molar-refractivity contribution in [2.45, 2.75) is 13.5 Å². The van der Waals surface area contributed by atoms with Gasteiger partial charge in [0.05, 0.1) is 17.9 Å². The number of hydrogen-bond acceptors (Lipinski definition) is 3. The summed E-state index contributed by atoms with van der Waals surface area (Å²) < 4.78 is 8.43. The minimum atomic E-state index is 0.642. The Balaban J connectivity index is 2.29. The number of benzene rings is 1. The molecule has 0 radical (unpaired) electrons. The van der Waals surface area contributed by atoms with E-state index in [2.05, 4.69) is 21.5 Å². The van der Waals surface area contributed by atoms with E-state index in [1.54, 1.807) is 11.8 Å². The molecule has 0 spiro atoms. The normalized spacial score (nSPS) is 10.5. The zero-order valence-corrected chi connectivity index (χ0v) is 12.4. The van der Waals surface area contributed by atoms with Crippen molar-refractivity contribution in [1.82, 2.24) is 9.55 Å². The molecule has 0 aliphatic heterocycles. The molecule has 0 fully saturated rings. The topological polar surface area (TPSA) is 29.9 Å². The number of ether oxygens (including phenoxy) is 1. The molecule has 1 heterocycles. The molecular weight excluding hydrogens is 276 g/mol. The lowest BCUT2D eigenvalue weighted by atomic mass is 10.3. The second-order valence-corrected chi connectivity index (χ2v) is 5.41. The van der Waals surface area contributed by atoms with E-state index in [-0.39, 0.29) is 0 Å². The number of nitrogens with one attached hydrogen (secondary N) is 1. The van der Waals surface area contributed by atoms with E-state index in [1.807, 2.05) is 19.1 Å². The van der Waals surface area contributed by atoms with Gasteiger partial charge in [0, 0.05) is 12.3 Å². The summed E-state index contributed by atoms with van der Waals surface area (Å²) in [4.78, 5) is 3.22. The maximum Gasteiger partial charge on any atom is 0.178 e. The second-order valence-electron chi connectivity index (χ2n) is 3.92. The third kappa shape index (κ3) is 3.14. The SMILES string of the molecule is C#CCSCCn1c(=S)[nH]c2c(OCC)cccc21. The smallest absolute Gasteiger partial charge is 0.178 e. The Labute approximate surface area is 122 Å². The molecule has 0 amide bonds. The number of H-pyrrole nitrogens is 1. The van der Waals surface area contributed by atoms with E-state index in [4.69, 9.17) is 23.4 Å². The summed E-state index contributed by atoms with van der Waals surface area (Å²) in [5.41, 5.74) is 2.05.